The SMILES string of the molecule is O=C1NCCc2ccc(-n3ccnc3-c3cccc(O)c3Cl)cc21. The number of halogens is 1. The van der Waals surface area contributed by atoms with E-state index in [1.807, 2.05) is 22.8 Å². The maximum Gasteiger partial charge on any atom is 0.251 e. The molecule has 1 aliphatic heterocycles. The highest BCUT2D eigenvalue weighted by atomic mass is 35.5. The van der Waals surface area contributed by atoms with Crippen molar-refractivity contribution in [2.24, 2.45) is 0 Å². The van der Waals surface area contributed by atoms with Crippen LogP contribution in [0, 0.1) is 0 Å². The molecule has 2 aromatic carbocycles. The quantitative estimate of drug-likeness (QED) is 0.753. The predicted molar refractivity (Wildman–Crippen MR) is 91.7 cm³/mol. The van der Waals surface area contributed by atoms with Gasteiger partial charge < -0.3 is 10.4 Å². The summed E-state index contributed by atoms with van der Waals surface area (Å²) in [5, 5.41) is 12.9. The van der Waals surface area contributed by atoms with Gasteiger partial charge in [-0.3, -0.25) is 9.36 Å². The number of hydrogen-bond acceptors (Lipinski definition) is 3. The van der Waals surface area contributed by atoms with Gasteiger partial charge in [0.2, 0.25) is 0 Å². The van der Waals surface area contributed by atoms with Gasteiger partial charge in [-0.15, -0.1) is 0 Å². The summed E-state index contributed by atoms with van der Waals surface area (Å²) in [5.41, 5.74) is 3.17. The van der Waals surface area contributed by atoms with Crippen molar-refractivity contribution in [3.63, 3.8) is 0 Å². The molecule has 1 aliphatic rings. The predicted octanol–water partition coefficient (Wildman–Crippen LogP) is 3.18. The summed E-state index contributed by atoms with van der Waals surface area (Å²) < 4.78 is 1.85. The molecule has 2 N–H and O–H groups in total. The number of rotatable bonds is 2. The largest absolute Gasteiger partial charge is 0.506 e. The number of carbonyl (C=O) groups is 1. The zero-order valence-corrected chi connectivity index (χ0v) is 13.4. The summed E-state index contributed by atoms with van der Waals surface area (Å²) in [7, 11) is 0. The summed E-state index contributed by atoms with van der Waals surface area (Å²) in [5.74, 6) is 0.552. The van der Waals surface area contributed by atoms with E-state index in [0.717, 1.165) is 17.7 Å². The number of amides is 1. The number of phenols is 1. The first-order chi connectivity index (χ1) is 11.6. The van der Waals surface area contributed by atoms with Gasteiger partial charge in [0.1, 0.15) is 11.6 Å². The molecule has 1 aromatic heterocycles. The van der Waals surface area contributed by atoms with Crippen LogP contribution >= 0.6 is 11.6 Å². The monoisotopic (exact) mass is 339 g/mol. The normalized spacial score (nSPS) is 13.5. The van der Waals surface area contributed by atoms with E-state index < -0.39 is 0 Å². The summed E-state index contributed by atoms with van der Waals surface area (Å²) in [6.45, 7) is 0.667. The van der Waals surface area contributed by atoms with Crippen molar-refractivity contribution in [3.8, 4) is 22.8 Å². The lowest BCUT2D eigenvalue weighted by Crippen LogP contribution is -2.31. The number of nitrogens with zero attached hydrogens (tertiary/aromatic N) is 2. The standard InChI is InChI=1S/C18H14ClN3O2/c19-16-13(2-1-3-15(16)23)17-20-8-9-22(17)12-5-4-11-6-7-21-18(24)14(11)10-12/h1-5,8-10,23H,6-7H2,(H,21,24). The maximum absolute atomic E-state index is 12.1. The molecule has 3 aromatic rings. The van der Waals surface area contributed by atoms with E-state index in [-0.39, 0.29) is 16.7 Å². The summed E-state index contributed by atoms with van der Waals surface area (Å²) >= 11 is 6.22. The van der Waals surface area contributed by atoms with Crippen molar-refractivity contribution < 1.29 is 9.90 Å². The zero-order chi connectivity index (χ0) is 16.7. The van der Waals surface area contributed by atoms with Crippen LogP contribution in [0.2, 0.25) is 5.02 Å². The number of carbonyl (C=O) groups excluding carboxylic acids is 1. The lowest BCUT2D eigenvalue weighted by Gasteiger charge is -2.18. The Morgan fingerprint density at radius 1 is 1.21 bits per heavy atom. The molecule has 4 rings (SSSR count). The van der Waals surface area contributed by atoms with Crippen LogP contribution in [-0.4, -0.2) is 27.1 Å². The van der Waals surface area contributed by atoms with Gasteiger partial charge in [-0.05, 0) is 36.2 Å². The van der Waals surface area contributed by atoms with Crippen LogP contribution in [0.3, 0.4) is 0 Å². The van der Waals surface area contributed by atoms with Gasteiger partial charge in [-0.1, -0.05) is 23.7 Å². The molecule has 0 radical (unpaired) electrons. The number of aromatic hydroxyl groups is 1. The number of phenolic OH excluding ortho intramolecular Hbond substituents is 1. The molecule has 0 unspecified atom stereocenters. The smallest absolute Gasteiger partial charge is 0.251 e. The highest BCUT2D eigenvalue weighted by Crippen LogP contribution is 2.34. The first-order valence-corrected chi connectivity index (χ1v) is 7.95. The van der Waals surface area contributed by atoms with E-state index in [9.17, 15) is 9.90 Å². The van der Waals surface area contributed by atoms with Gasteiger partial charge in [0.15, 0.2) is 0 Å². The third-order valence-electron chi connectivity index (χ3n) is 4.16. The average Bonchev–Trinajstić information content (AvgIpc) is 3.07. The van der Waals surface area contributed by atoms with Crippen LogP contribution in [0.4, 0.5) is 0 Å². The minimum Gasteiger partial charge on any atom is -0.506 e. The number of fused-ring (bicyclic) bond motifs is 1. The fourth-order valence-electron chi connectivity index (χ4n) is 2.95. The second kappa shape index (κ2) is 5.69. The number of hydrogen-bond donors (Lipinski definition) is 2. The molecule has 24 heavy (non-hydrogen) atoms. The molecule has 1 amide bonds. The molecular weight excluding hydrogens is 326 g/mol. The first kappa shape index (κ1) is 14.8. The Kier molecular flexibility index (Phi) is 3.50. The minimum atomic E-state index is -0.0600. The third-order valence-corrected chi connectivity index (χ3v) is 4.55. The Bertz CT molecular complexity index is 949. The van der Waals surface area contributed by atoms with Gasteiger partial charge in [0, 0.05) is 35.8 Å². The van der Waals surface area contributed by atoms with Crippen molar-refractivity contribution in [1.82, 2.24) is 14.9 Å². The second-order valence-electron chi connectivity index (χ2n) is 5.61. The lowest BCUT2D eigenvalue weighted by atomic mass is 9.99. The van der Waals surface area contributed by atoms with E-state index in [4.69, 9.17) is 11.6 Å². The van der Waals surface area contributed by atoms with Crippen LogP contribution < -0.4 is 5.32 Å². The van der Waals surface area contributed by atoms with Crippen LogP contribution in [-0.2, 0) is 6.42 Å². The van der Waals surface area contributed by atoms with E-state index in [1.54, 1.807) is 24.5 Å². The third kappa shape index (κ3) is 2.34. The molecule has 0 atom stereocenters. The molecule has 0 bridgehead atoms. The first-order valence-electron chi connectivity index (χ1n) is 7.58. The van der Waals surface area contributed by atoms with Crippen molar-refractivity contribution >= 4 is 17.5 Å². The zero-order valence-electron chi connectivity index (χ0n) is 12.7. The summed E-state index contributed by atoms with van der Waals surface area (Å²) in [6.07, 6.45) is 4.30. The maximum atomic E-state index is 12.1. The Morgan fingerprint density at radius 3 is 2.96 bits per heavy atom. The fourth-order valence-corrected chi connectivity index (χ4v) is 3.16. The number of aromatic nitrogens is 2. The summed E-state index contributed by atoms with van der Waals surface area (Å²) in [4.78, 5) is 16.4. The molecule has 0 saturated carbocycles. The van der Waals surface area contributed by atoms with Crippen molar-refractivity contribution in [3.05, 3.63) is 64.9 Å². The molecule has 120 valence electrons. The van der Waals surface area contributed by atoms with Gasteiger partial charge in [0.25, 0.3) is 5.91 Å². The lowest BCUT2D eigenvalue weighted by molar-refractivity contribution is 0.0946. The number of benzene rings is 2. The van der Waals surface area contributed by atoms with E-state index in [2.05, 4.69) is 10.3 Å². The Hall–Kier alpha value is -2.79. The van der Waals surface area contributed by atoms with Gasteiger partial charge in [-0.25, -0.2) is 4.98 Å². The molecule has 0 fully saturated rings. The Labute approximate surface area is 143 Å². The topological polar surface area (TPSA) is 67.2 Å². The molecule has 5 nitrogen and oxygen atoms in total. The molecule has 0 saturated heterocycles. The van der Waals surface area contributed by atoms with Crippen molar-refractivity contribution in [2.45, 2.75) is 6.42 Å². The Morgan fingerprint density at radius 2 is 2.08 bits per heavy atom. The molecular formula is C18H14ClN3O2. The highest BCUT2D eigenvalue weighted by molar-refractivity contribution is 6.34. The van der Waals surface area contributed by atoms with Crippen LogP contribution in [0.1, 0.15) is 15.9 Å². The fraction of sp³-hybridized carbons (Fsp3) is 0.111. The van der Waals surface area contributed by atoms with Crippen LogP contribution in [0.15, 0.2) is 48.8 Å². The van der Waals surface area contributed by atoms with Gasteiger partial charge in [-0.2, -0.15) is 0 Å². The molecule has 6 heteroatoms. The van der Waals surface area contributed by atoms with Crippen LogP contribution in [0.5, 0.6) is 5.75 Å². The van der Waals surface area contributed by atoms with Gasteiger partial charge in [0.05, 0.1) is 5.02 Å². The van der Waals surface area contributed by atoms with E-state index in [1.165, 1.54) is 6.07 Å². The van der Waals surface area contributed by atoms with Crippen LogP contribution in [0.25, 0.3) is 17.1 Å². The number of imidazole rings is 1. The summed E-state index contributed by atoms with van der Waals surface area (Å²) in [6, 6.07) is 10.8. The number of nitrogens with one attached hydrogen (secondary N) is 1. The van der Waals surface area contributed by atoms with Crippen molar-refractivity contribution in [2.75, 3.05) is 6.54 Å². The average molecular weight is 340 g/mol. The second-order valence-corrected chi connectivity index (χ2v) is 5.98. The molecule has 0 aliphatic carbocycles. The van der Waals surface area contributed by atoms with E-state index >= 15 is 0 Å². The molecule has 0 spiro atoms. The minimum absolute atomic E-state index is 0.00790. The van der Waals surface area contributed by atoms with Crippen molar-refractivity contribution in [1.29, 1.82) is 0 Å². The molecule has 2 heterocycles. The van der Waals surface area contributed by atoms with E-state index in [0.29, 0.717) is 23.5 Å². The highest BCUT2D eigenvalue weighted by Gasteiger charge is 2.19. The van der Waals surface area contributed by atoms with Gasteiger partial charge >= 0.3 is 0 Å². The Balaban J connectivity index is 1.85.